The van der Waals surface area contributed by atoms with Gasteiger partial charge in [0.1, 0.15) is 5.82 Å². The zero-order chi connectivity index (χ0) is 13.7. The molecule has 0 bridgehead atoms. The van der Waals surface area contributed by atoms with Gasteiger partial charge in [0.2, 0.25) is 0 Å². The van der Waals surface area contributed by atoms with Gasteiger partial charge in [0, 0.05) is 18.3 Å². The van der Waals surface area contributed by atoms with E-state index in [0.29, 0.717) is 0 Å². The highest BCUT2D eigenvalue weighted by Crippen LogP contribution is 2.21. The topological polar surface area (TPSA) is 56.7 Å². The normalized spacial score (nSPS) is 12.6. The molecule has 2 rings (SSSR count). The maximum Gasteiger partial charge on any atom is 0.191 e. The molecule has 0 fully saturated rings. The summed E-state index contributed by atoms with van der Waals surface area (Å²) in [5.74, 6) is 1.92. The minimum Gasteiger partial charge on any atom is -0.324 e. The van der Waals surface area contributed by atoms with Crippen LogP contribution in [0.25, 0.3) is 0 Å². The van der Waals surface area contributed by atoms with E-state index in [4.69, 9.17) is 5.73 Å². The van der Waals surface area contributed by atoms with Crippen molar-refractivity contribution in [2.45, 2.75) is 38.0 Å². The largest absolute Gasteiger partial charge is 0.324 e. The molecular weight excluding hydrogens is 256 g/mol. The van der Waals surface area contributed by atoms with Crippen LogP contribution >= 0.6 is 11.8 Å². The molecule has 19 heavy (non-hydrogen) atoms. The average molecular weight is 276 g/mol. The number of nitrogens with zero attached hydrogens (tertiary/aromatic N) is 3. The highest BCUT2D eigenvalue weighted by atomic mass is 32.2. The van der Waals surface area contributed by atoms with Crippen molar-refractivity contribution in [2.75, 3.05) is 5.75 Å². The first-order valence-electron chi connectivity index (χ1n) is 6.55. The molecule has 0 aliphatic heterocycles. The van der Waals surface area contributed by atoms with E-state index in [2.05, 4.69) is 33.8 Å². The zero-order valence-electron chi connectivity index (χ0n) is 11.4. The van der Waals surface area contributed by atoms with Crippen LogP contribution in [0.4, 0.5) is 0 Å². The molecule has 0 saturated carbocycles. The molecule has 0 aliphatic rings. The van der Waals surface area contributed by atoms with Crippen molar-refractivity contribution < 1.29 is 0 Å². The van der Waals surface area contributed by atoms with Crippen molar-refractivity contribution in [3.8, 4) is 0 Å². The van der Waals surface area contributed by atoms with Crippen molar-refractivity contribution in [2.24, 2.45) is 5.73 Å². The van der Waals surface area contributed by atoms with Crippen LogP contribution < -0.4 is 5.73 Å². The Balaban J connectivity index is 1.86. The van der Waals surface area contributed by atoms with Gasteiger partial charge in [-0.15, -0.1) is 10.2 Å². The lowest BCUT2D eigenvalue weighted by atomic mass is 10.1. The van der Waals surface area contributed by atoms with Crippen LogP contribution in [-0.2, 0) is 6.54 Å². The Labute approximate surface area is 118 Å². The van der Waals surface area contributed by atoms with Crippen LogP contribution in [0.1, 0.15) is 30.8 Å². The second-order valence-electron chi connectivity index (χ2n) is 4.43. The maximum atomic E-state index is 6.18. The summed E-state index contributed by atoms with van der Waals surface area (Å²) < 4.78 is 2.12. The van der Waals surface area contributed by atoms with Crippen molar-refractivity contribution in [3.05, 3.63) is 41.7 Å². The number of aromatic nitrogens is 3. The van der Waals surface area contributed by atoms with Gasteiger partial charge in [-0.25, -0.2) is 0 Å². The number of benzene rings is 1. The van der Waals surface area contributed by atoms with Crippen LogP contribution in [0.2, 0.25) is 0 Å². The average Bonchev–Trinajstić information content (AvgIpc) is 2.80. The van der Waals surface area contributed by atoms with E-state index in [0.717, 1.165) is 29.7 Å². The van der Waals surface area contributed by atoms with E-state index in [9.17, 15) is 0 Å². The van der Waals surface area contributed by atoms with Gasteiger partial charge in [0.15, 0.2) is 5.16 Å². The second-order valence-corrected chi connectivity index (χ2v) is 5.49. The van der Waals surface area contributed by atoms with Crippen LogP contribution in [0.5, 0.6) is 0 Å². The monoisotopic (exact) mass is 276 g/mol. The molecule has 0 spiro atoms. The molecule has 2 aromatic rings. The number of hydrogen-bond donors (Lipinski definition) is 1. The summed E-state index contributed by atoms with van der Waals surface area (Å²) in [7, 11) is 0. The van der Waals surface area contributed by atoms with E-state index in [1.54, 1.807) is 11.8 Å². The van der Waals surface area contributed by atoms with Crippen molar-refractivity contribution in [3.63, 3.8) is 0 Å². The first-order chi connectivity index (χ1) is 9.22. The van der Waals surface area contributed by atoms with E-state index < -0.39 is 0 Å². The number of rotatable bonds is 6. The molecule has 1 atom stereocenters. The molecule has 1 aromatic carbocycles. The summed E-state index contributed by atoms with van der Waals surface area (Å²) in [5, 5.41) is 9.28. The van der Waals surface area contributed by atoms with Gasteiger partial charge in [-0.2, -0.15) is 0 Å². The molecule has 0 saturated heterocycles. The molecule has 5 heteroatoms. The minimum atomic E-state index is 0.0906. The Morgan fingerprint density at radius 2 is 2.00 bits per heavy atom. The zero-order valence-corrected chi connectivity index (χ0v) is 12.2. The molecule has 1 aromatic heterocycles. The molecule has 1 heterocycles. The third-order valence-electron chi connectivity index (χ3n) is 3.11. The number of nitrogens with two attached hydrogens (primary N) is 1. The Kier molecular flexibility index (Phi) is 4.99. The maximum absolute atomic E-state index is 6.18. The lowest BCUT2D eigenvalue weighted by Gasteiger charge is -2.11. The Hall–Kier alpha value is -1.33. The lowest BCUT2D eigenvalue weighted by molar-refractivity contribution is 0.658. The predicted octanol–water partition coefficient (Wildman–Crippen LogP) is 2.79. The summed E-state index contributed by atoms with van der Waals surface area (Å²) in [6.07, 6.45) is 0.935. The van der Waals surface area contributed by atoms with Crippen LogP contribution in [0.3, 0.4) is 0 Å². The van der Waals surface area contributed by atoms with Crippen molar-refractivity contribution in [1.82, 2.24) is 14.8 Å². The quantitative estimate of drug-likeness (QED) is 0.824. The summed E-state index contributed by atoms with van der Waals surface area (Å²) in [4.78, 5) is 0. The predicted molar refractivity (Wildman–Crippen MR) is 79.1 cm³/mol. The van der Waals surface area contributed by atoms with E-state index >= 15 is 0 Å². The Morgan fingerprint density at radius 3 is 2.68 bits per heavy atom. The summed E-state index contributed by atoms with van der Waals surface area (Å²) >= 11 is 1.72. The SMILES string of the molecule is CCn1c(C)nnc1SCC[C@H](N)c1ccccc1. The molecule has 0 unspecified atom stereocenters. The highest BCUT2D eigenvalue weighted by molar-refractivity contribution is 7.99. The molecule has 4 nitrogen and oxygen atoms in total. The fraction of sp³-hybridized carbons (Fsp3) is 0.429. The lowest BCUT2D eigenvalue weighted by Crippen LogP contribution is -2.11. The number of thioether (sulfide) groups is 1. The molecule has 102 valence electrons. The molecular formula is C14H20N4S. The fourth-order valence-corrected chi connectivity index (χ4v) is 3.05. The van der Waals surface area contributed by atoms with E-state index in [1.165, 1.54) is 5.56 Å². The standard InChI is InChI=1S/C14H20N4S/c1-3-18-11(2)16-17-14(18)19-10-9-13(15)12-7-5-4-6-8-12/h4-8,13H,3,9-10,15H2,1-2H3/t13-/m0/s1. The first kappa shape index (κ1) is 14.1. The highest BCUT2D eigenvalue weighted by Gasteiger charge is 2.09. The third kappa shape index (κ3) is 3.58. The van der Waals surface area contributed by atoms with Crippen LogP contribution in [-0.4, -0.2) is 20.5 Å². The van der Waals surface area contributed by atoms with Gasteiger partial charge < -0.3 is 10.3 Å². The second kappa shape index (κ2) is 6.73. The smallest absolute Gasteiger partial charge is 0.191 e. The van der Waals surface area contributed by atoms with Gasteiger partial charge in [0.05, 0.1) is 0 Å². The minimum absolute atomic E-state index is 0.0906. The van der Waals surface area contributed by atoms with Gasteiger partial charge in [-0.05, 0) is 25.8 Å². The Morgan fingerprint density at radius 1 is 1.26 bits per heavy atom. The third-order valence-corrected chi connectivity index (χ3v) is 4.11. The molecule has 2 N–H and O–H groups in total. The number of hydrogen-bond acceptors (Lipinski definition) is 4. The summed E-state index contributed by atoms with van der Waals surface area (Å²) in [6, 6.07) is 10.3. The summed E-state index contributed by atoms with van der Waals surface area (Å²) in [6.45, 7) is 5.00. The van der Waals surface area contributed by atoms with Gasteiger partial charge >= 0.3 is 0 Å². The van der Waals surface area contributed by atoms with Gasteiger partial charge in [-0.1, -0.05) is 42.1 Å². The van der Waals surface area contributed by atoms with E-state index in [-0.39, 0.29) is 6.04 Å². The number of aryl methyl sites for hydroxylation is 1. The molecule has 0 aliphatic carbocycles. The van der Waals surface area contributed by atoms with E-state index in [1.807, 2.05) is 25.1 Å². The van der Waals surface area contributed by atoms with Crippen LogP contribution in [0.15, 0.2) is 35.5 Å². The fourth-order valence-electron chi connectivity index (χ4n) is 1.98. The van der Waals surface area contributed by atoms with Gasteiger partial charge in [0.25, 0.3) is 0 Å². The van der Waals surface area contributed by atoms with Crippen molar-refractivity contribution in [1.29, 1.82) is 0 Å². The molecule has 0 amide bonds. The van der Waals surface area contributed by atoms with Crippen molar-refractivity contribution >= 4 is 11.8 Å². The van der Waals surface area contributed by atoms with Gasteiger partial charge in [-0.3, -0.25) is 0 Å². The van der Waals surface area contributed by atoms with Crippen LogP contribution in [0, 0.1) is 6.92 Å². The Bertz CT molecular complexity index is 509. The first-order valence-corrected chi connectivity index (χ1v) is 7.54. The summed E-state index contributed by atoms with van der Waals surface area (Å²) in [5.41, 5.74) is 7.37. The molecule has 0 radical (unpaired) electrons.